The van der Waals surface area contributed by atoms with Crippen LogP contribution < -0.4 is 20.7 Å². The predicted octanol–water partition coefficient (Wildman–Crippen LogP) is 1.78. The van der Waals surface area contributed by atoms with Gasteiger partial charge >= 0.3 is 6.03 Å². The second kappa shape index (κ2) is 9.06. The first-order chi connectivity index (χ1) is 9.92. The van der Waals surface area contributed by atoms with Crippen molar-refractivity contribution >= 4 is 34.3 Å². The van der Waals surface area contributed by atoms with Crippen LogP contribution in [0.5, 0.6) is 5.75 Å². The topological polar surface area (TPSA) is 82.6 Å². The van der Waals surface area contributed by atoms with Gasteiger partial charge in [0.05, 0.1) is 3.57 Å². The highest BCUT2D eigenvalue weighted by Gasteiger charge is 2.09. The minimum atomic E-state index is -0.563. The molecule has 0 aliphatic carbocycles. The maximum absolute atomic E-state index is 11.2. The van der Waals surface area contributed by atoms with Crippen LogP contribution in [-0.2, 0) is 0 Å². The van der Waals surface area contributed by atoms with Gasteiger partial charge in [-0.25, -0.2) is 4.79 Å². The van der Waals surface area contributed by atoms with Crippen molar-refractivity contribution in [1.29, 1.82) is 0 Å². The number of anilines is 1. The number of benzene rings is 1. The normalized spacial score (nSPS) is 12.1. The number of ether oxygens (including phenoxy) is 1. The number of hydrogen-bond acceptors (Lipinski definition) is 4. The molecule has 0 fully saturated rings. The average Bonchev–Trinajstić information content (AvgIpc) is 2.44. The van der Waals surface area contributed by atoms with Crippen molar-refractivity contribution < 1.29 is 14.6 Å². The van der Waals surface area contributed by atoms with Crippen molar-refractivity contribution in [3.63, 3.8) is 0 Å². The number of amides is 2. The van der Waals surface area contributed by atoms with E-state index in [0.717, 1.165) is 3.57 Å². The molecule has 0 bridgehead atoms. The first-order valence-electron chi connectivity index (χ1n) is 6.75. The molecule has 4 N–H and O–H groups in total. The number of aliphatic hydroxyl groups is 1. The molecular formula is C14H22IN3O3. The van der Waals surface area contributed by atoms with Gasteiger partial charge in [0.2, 0.25) is 0 Å². The summed E-state index contributed by atoms with van der Waals surface area (Å²) in [4.78, 5) is 11.2. The van der Waals surface area contributed by atoms with Crippen molar-refractivity contribution in [2.75, 3.05) is 25.5 Å². The number of carbonyl (C=O) groups excluding carboxylic acids is 1. The second-order valence-electron chi connectivity index (χ2n) is 4.88. The van der Waals surface area contributed by atoms with Gasteiger partial charge in [0.1, 0.15) is 18.5 Å². The number of halogens is 1. The Morgan fingerprint density at radius 3 is 2.71 bits per heavy atom. The molecule has 0 spiro atoms. The number of carbonyl (C=O) groups is 1. The second-order valence-corrected chi connectivity index (χ2v) is 6.04. The molecule has 0 saturated carbocycles. The summed E-state index contributed by atoms with van der Waals surface area (Å²) in [6.07, 6.45) is -0.563. The summed E-state index contributed by atoms with van der Waals surface area (Å²) >= 11 is 2.13. The highest BCUT2D eigenvalue weighted by atomic mass is 127. The largest absolute Gasteiger partial charge is 0.490 e. The minimum absolute atomic E-state index is 0.220. The Hall–Kier alpha value is -1.06. The molecule has 0 aliphatic heterocycles. The van der Waals surface area contributed by atoms with Gasteiger partial charge in [0.25, 0.3) is 0 Å². The van der Waals surface area contributed by atoms with E-state index in [0.29, 0.717) is 24.0 Å². The average molecular weight is 407 g/mol. The van der Waals surface area contributed by atoms with Gasteiger partial charge in [-0.2, -0.15) is 0 Å². The van der Waals surface area contributed by atoms with Crippen LogP contribution in [0.2, 0.25) is 0 Å². The lowest BCUT2D eigenvalue weighted by Gasteiger charge is -2.16. The maximum atomic E-state index is 11.2. The molecule has 1 rings (SSSR count). The summed E-state index contributed by atoms with van der Waals surface area (Å²) in [5.41, 5.74) is 0.688. The van der Waals surface area contributed by atoms with Crippen LogP contribution in [0, 0.1) is 3.57 Å². The predicted molar refractivity (Wildman–Crippen MR) is 91.9 cm³/mol. The minimum Gasteiger partial charge on any atom is -0.490 e. The van der Waals surface area contributed by atoms with Crippen molar-refractivity contribution in [2.45, 2.75) is 26.0 Å². The Balaban J connectivity index is 2.50. The Labute approximate surface area is 138 Å². The van der Waals surface area contributed by atoms with Crippen molar-refractivity contribution in [3.8, 4) is 5.75 Å². The zero-order valence-electron chi connectivity index (χ0n) is 12.4. The van der Waals surface area contributed by atoms with Gasteiger partial charge in [-0.05, 0) is 40.8 Å². The van der Waals surface area contributed by atoms with Crippen molar-refractivity contribution in [3.05, 3.63) is 21.8 Å². The van der Waals surface area contributed by atoms with Gasteiger partial charge in [-0.15, -0.1) is 0 Å². The van der Waals surface area contributed by atoms with Crippen LogP contribution in [0.15, 0.2) is 18.2 Å². The molecule has 1 aromatic carbocycles. The number of urea groups is 1. The van der Waals surface area contributed by atoms with Gasteiger partial charge in [-0.3, -0.25) is 0 Å². The Bertz CT molecular complexity index is 469. The summed E-state index contributed by atoms with van der Waals surface area (Å²) in [5.74, 6) is 0.682. The third kappa shape index (κ3) is 6.96. The van der Waals surface area contributed by atoms with Crippen LogP contribution in [0.25, 0.3) is 0 Å². The Morgan fingerprint density at radius 1 is 1.43 bits per heavy atom. The fraction of sp³-hybridized carbons (Fsp3) is 0.500. The van der Waals surface area contributed by atoms with E-state index in [1.165, 1.54) is 0 Å². The molecule has 0 aliphatic rings. The first kappa shape index (κ1) is 18.0. The third-order valence-electron chi connectivity index (χ3n) is 2.61. The van der Waals surface area contributed by atoms with E-state index >= 15 is 0 Å². The number of rotatable bonds is 7. The molecule has 1 aromatic rings. The van der Waals surface area contributed by atoms with Gasteiger partial charge in [0, 0.05) is 25.3 Å². The molecular weight excluding hydrogens is 385 g/mol. The van der Waals surface area contributed by atoms with Crippen LogP contribution in [0.1, 0.15) is 13.8 Å². The summed E-state index contributed by atoms with van der Waals surface area (Å²) < 4.78 is 6.46. The zero-order chi connectivity index (χ0) is 15.8. The molecule has 0 radical (unpaired) electrons. The summed E-state index contributed by atoms with van der Waals surface area (Å²) in [5, 5.41) is 18.1. The van der Waals surface area contributed by atoms with Crippen LogP contribution in [-0.4, -0.2) is 43.5 Å². The quantitative estimate of drug-likeness (QED) is 0.520. The van der Waals surface area contributed by atoms with Crippen LogP contribution in [0.4, 0.5) is 10.5 Å². The van der Waals surface area contributed by atoms with E-state index in [-0.39, 0.29) is 12.6 Å². The number of aliphatic hydroxyl groups excluding tert-OH is 1. The molecule has 6 nitrogen and oxygen atoms in total. The van der Waals surface area contributed by atoms with Gasteiger partial charge < -0.3 is 25.8 Å². The standard InChI is InChI=1S/C14H22IN3O3/c1-9(2)17-7-11(19)8-21-13-5-4-10(6-12(13)15)18-14(20)16-3/h4-6,9,11,17,19H,7-8H2,1-3H3,(H2,16,18,20). The van der Waals surface area contributed by atoms with Gasteiger partial charge in [0.15, 0.2) is 0 Å². The summed E-state index contributed by atoms with van der Waals surface area (Å²) in [7, 11) is 1.56. The molecule has 0 saturated heterocycles. The maximum Gasteiger partial charge on any atom is 0.318 e. The van der Waals surface area contributed by atoms with Crippen LogP contribution >= 0.6 is 22.6 Å². The number of nitrogens with one attached hydrogen (secondary N) is 3. The smallest absolute Gasteiger partial charge is 0.318 e. The SMILES string of the molecule is CNC(=O)Nc1ccc(OCC(O)CNC(C)C)c(I)c1. The van der Waals surface area contributed by atoms with E-state index in [2.05, 4.69) is 38.5 Å². The highest BCUT2D eigenvalue weighted by Crippen LogP contribution is 2.24. The summed E-state index contributed by atoms with van der Waals surface area (Å²) in [6, 6.07) is 5.40. The lowest BCUT2D eigenvalue weighted by Crippen LogP contribution is -2.35. The van der Waals surface area contributed by atoms with Crippen molar-refractivity contribution in [2.24, 2.45) is 0 Å². The Kier molecular flexibility index (Phi) is 7.76. The molecule has 21 heavy (non-hydrogen) atoms. The molecule has 1 atom stereocenters. The highest BCUT2D eigenvalue weighted by molar-refractivity contribution is 14.1. The van der Waals surface area contributed by atoms with E-state index in [1.807, 2.05) is 19.9 Å². The molecule has 7 heteroatoms. The van der Waals surface area contributed by atoms with E-state index in [9.17, 15) is 9.90 Å². The molecule has 1 unspecified atom stereocenters. The lowest BCUT2D eigenvalue weighted by molar-refractivity contribution is 0.104. The molecule has 0 aromatic heterocycles. The third-order valence-corrected chi connectivity index (χ3v) is 3.45. The summed E-state index contributed by atoms with van der Waals surface area (Å²) in [6.45, 7) is 4.76. The van der Waals surface area contributed by atoms with E-state index in [1.54, 1.807) is 19.2 Å². The van der Waals surface area contributed by atoms with E-state index < -0.39 is 6.10 Å². The van der Waals surface area contributed by atoms with Crippen LogP contribution in [0.3, 0.4) is 0 Å². The zero-order valence-corrected chi connectivity index (χ0v) is 14.6. The lowest BCUT2D eigenvalue weighted by atomic mass is 10.3. The fourth-order valence-corrected chi connectivity index (χ4v) is 2.18. The van der Waals surface area contributed by atoms with Crippen molar-refractivity contribution in [1.82, 2.24) is 10.6 Å². The first-order valence-corrected chi connectivity index (χ1v) is 7.82. The molecule has 2 amide bonds. The van der Waals surface area contributed by atoms with E-state index in [4.69, 9.17) is 4.74 Å². The molecule has 0 heterocycles. The Morgan fingerprint density at radius 2 is 2.14 bits per heavy atom. The van der Waals surface area contributed by atoms with Gasteiger partial charge in [-0.1, -0.05) is 13.8 Å². The molecule has 118 valence electrons. The fourth-order valence-electron chi connectivity index (χ4n) is 1.51. The number of hydrogen-bond donors (Lipinski definition) is 4. The monoisotopic (exact) mass is 407 g/mol.